The van der Waals surface area contributed by atoms with Gasteiger partial charge in [0.25, 0.3) is 0 Å². The molecule has 0 bridgehead atoms. The highest BCUT2D eigenvalue weighted by molar-refractivity contribution is 5.50. The molecule has 0 unspecified atom stereocenters. The van der Waals surface area contributed by atoms with Gasteiger partial charge in [-0.2, -0.15) is 0 Å². The molecular weight excluding hydrogens is 202 g/mol. The van der Waals surface area contributed by atoms with E-state index in [2.05, 4.69) is 24.0 Å². The Morgan fingerprint density at radius 2 is 2.06 bits per heavy atom. The standard InChI is InChI=1S/C13H21NO2/c1-4-14(9-10-15-3)12-7-6-8-13(11-12)16-5-2/h6-8,11H,4-5,9-10H2,1-3H3. The third-order valence-corrected chi connectivity index (χ3v) is 2.44. The Bertz CT molecular complexity index is 302. The van der Waals surface area contributed by atoms with Gasteiger partial charge in [-0.15, -0.1) is 0 Å². The van der Waals surface area contributed by atoms with Crippen molar-refractivity contribution in [1.29, 1.82) is 0 Å². The molecule has 0 amide bonds. The molecule has 0 fully saturated rings. The molecule has 0 spiro atoms. The number of nitrogens with zero attached hydrogens (tertiary/aromatic N) is 1. The smallest absolute Gasteiger partial charge is 0.121 e. The highest BCUT2D eigenvalue weighted by atomic mass is 16.5. The molecule has 3 heteroatoms. The average molecular weight is 223 g/mol. The molecule has 90 valence electrons. The number of hydrogen-bond acceptors (Lipinski definition) is 3. The average Bonchev–Trinajstić information content (AvgIpc) is 2.31. The monoisotopic (exact) mass is 223 g/mol. The number of hydrogen-bond donors (Lipinski definition) is 0. The van der Waals surface area contributed by atoms with Crippen LogP contribution in [0.1, 0.15) is 13.8 Å². The van der Waals surface area contributed by atoms with E-state index in [0.29, 0.717) is 6.61 Å². The second kappa shape index (κ2) is 7.12. The summed E-state index contributed by atoms with van der Waals surface area (Å²) >= 11 is 0. The molecule has 1 aromatic carbocycles. The molecule has 0 atom stereocenters. The van der Waals surface area contributed by atoms with Crippen LogP contribution in [0, 0.1) is 0 Å². The lowest BCUT2D eigenvalue weighted by Crippen LogP contribution is -2.26. The normalized spacial score (nSPS) is 10.2. The lowest BCUT2D eigenvalue weighted by Gasteiger charge is -2.23. The number of anilines is 1. The SMILES string of the molecule is CCOc1cccc(N(CC)CCOC)c1. The molecule has 0 aliphatic rings. The molecule has 0 saturated carbocycles. The number of rotatable bonds is 7. The molecule has 0 aliphatic heterocycles. The minimum Gasteiger partial charge on any atom is -0.494 e. The summed E-state index contributed by atoms with van der Waals surface area (Å²) in [6.07, 6.45) is 0. The Morgan fingerprint density at radius 3 is 2.69 bits per heavy atom. The van der Waals surface area contributed by atoms with Crippen LogP contribution >= 0.6 is 0 Å². The zero-order chi connectivity index (χ0) is 11.8. The minimum atomic E-state index is 0.702. The van der Waals surface area contributed by atoms with E-state index in [1.807, 2.05) is 19.1 Å². The van der Waals surface area contributed by atoms with Gasteiger partial charge in [0.2, 0.25) is 0 Å². The van der Waals surface area contributed by atoms with Gasteiger partial charge in [0, 0.05) is 32.0 Å². The topological polar surface area (TPSA) is 21.7 Å². The van der Waals surface area contributed by atoms with Crippen molar-refractivity contribution in [2.45, 2.75) is 13.8 Å². The Morgan fingerprint density at radius 1 is 1.25 bits per heavy atom. The lowest BCUT2D eigenvalue weighted by atomic mass is 10.2. The molecule has 3 nitrogen and oxygen atoms in total. The molecule has 0 saturated heterocycles. The van der Waals surface area contributed by atoms with Crippen LogP contribution in [0.4, 0.5) is 5.69 Å². The molecule has 0 radical (unpaired) electrons. The number of benzene rings is 1. The van der Waals surface area contributed by atoms with Crippen molar-refractivity contribution in [3.63, 3.8) is 0 Å². The third kappa shape index (κ3) is 3.74. The fraction of sp³-hybridized carbons (Fsp3) is 0.538. The highest BCUT2D eigenvalue weighted by Crippen LogP contribution is 2.20. The van der Waals surface area contributed by atoms with Crippen LogP contribution < -0.4 is 9.64 Å². The fourth-order valence-corrected chi connectivity index (χ4v) is 1.61. The van der Waals surface area contributed by atoms with Crippen LogP contribution in [0.15, 0.2) is 24.3 Å². The van der Waals surface area contributed by atoms with Gasteiger partial charge in [-0.05, 0) is 26.0 Å². The van der Waals surface area contributed by atoms with E-state index in [9.17, 15) is 0 Å². The van der Waals surface area contributed by atoms with Gasteiger partial charge in [-0.1, -0.05) is 6.07 Å². The molecule has 1 rings (SSSR count). The van der Waals surface area contributed by atoms with Gasteiger partial charge in [0.15, 0.2) is 0 Å². The van der Waals surface area contributed by atoms with E-state index in [-0.39, 0.29) is 0 Å². The van der Waals surface area contributed by atoms with E-state index in [1.54, 1.807) is 7.11 Å². The summed E-state index contributed by atoms with van der Waals surface area (Å²) in [6.45, 7) is 7.46. The van der Waals surface area contributed by atoms with Crippen LogP contribution in [0.3, 0.4) is 0 Å². The minimum absolute atomic E-state index is 0.702. The maximum absolute atomic E-state index is 5.49. The van der Waals surface area contributed by atoms with Crippen molar-refractivity contribution in [2.24, 2.45) is 0 Å². The third-order valence-electron chi connectivity index (χ3n) is 2.44. The predicted molar refractivity (Wildman–Crippen MR) is 67.4 cm³/mol. The summed E-state index contributed by atoms with van der Waals surface area (Å²) in [6, 6.07) is 8.18. The second-order valence-electron chi connectivity index (χ2n) is 3.50. The summed E-state index contributed by atoms with van der Waals surface area (Å²) in [5.41, 5.74) is 1.19. The molecule has 0 N–H and O–H groups in total. The van der Waals surface area contributed by atoms with Crippen molar-refractivity contribution in [3.05, 3.63) is 24.3 Å². The summed E-state index contributed by atoms with van der Waals surface area (Å²) in [5, 5.41) is 0. The Labute approximate surface area is 98.0 Å². The van der Waals surface area contributed by atoms with Crippen molar-refractivity contribution in [2.75, 3.05) is 38.3 Å². The maximum atomic E-state index is 5.49. The van der Waals surface area contributed by atoms with Gasteiger partial charge in [0.1, 0.15) is 5.75 Å². The first kappa shape index (κ1) is 12.8. The summed E-state index contributed by atoms with van der Waals surface area (Å²) < 4.78 is 10.6. The van der Waals surface area contributed by atoms with Crippen molar-refractivity contribution < 1.29 is 9.47 Å². The Balaban J connectivity index is 2.71. The van der Waals surface area contributed by atoms with Gasteiger partial charge in [0.05, 0.1) is 13.2 Å². The molecule has 16 heavy (non-hydrogen) atoms. The largest absolute Gasteiger partial charge is 0.494 e. The molecule has 1 aromatic rings. The van der Waals surface area contributed by atoms with Crippen LogP contribution in [0.2, 0.25) is 0 Å². The number of methoxy groups -OCH3 is 1. The van der Waals surface area contributed by atoms with Crippen LogP contribution in [-0.2, 0) is 4.74 Å². The zero-order valence-electron chi connectivity index (χ0n) is 10.4. The number of likely N-dealkylation sites (N-methyl/N-ethyl adjacent to an activating group) is 1. The van der Waals surface area contributed by atoms with Gasteiger partial charge >= 0.3 is 0 Å². The van der Waals surface area contributed by atoms with E-state index < -0.39 is 0 Å². The number of ether oxygens (including phenoxy) is 2. The highest BCUT2D eigenvalue weighted by Gasteiger charge is 2.04. The predicted octanol–water partition coefficient (Wildman–Crippen LogP) is 2.56. The molecule has 0 heterocycles. The lowest BCUT2D eigenvalue weighted by molar-refractivity contribution is 0.205. The molecule has 0 aromatic heterocycles. The molecule has 0 aliphatic carbocycles. The van der Waals surface area contributed by atoms with Crippen LogP contribution in [0.25, 0.3) is 0 Å². The van der Waals surface area contributed by atoms with E-state index >= 15 is 0 Å². The van der Waals surface area contributed by atoms with E-state index in [4.69, 9.17) is 9.47 Å². The van der Waals surface area contributed by atoms with Crippen molar-refractivity contribution >= 4 is 5.69 Å². The summed E-state index contributed by atoms with van der Waals surface area (Å²) in [7, 11) is 1.73. The quantitative estimate of drug-likeness (QED) is 0.709. The van der Waals surface area contributed by atoms with Gasteiger partial charge in [-0.25, -0.2) is 0 Å². The van der Waals surface area contributed by atoms with Gasteiger partial charge in [-0.3, -0.25) is 0 Å². The fourth-order valence-electron chi connectivity index (χ4n) is 1.61. The van der Waals surface area contributed by atoms with Crippen LogP contribution in [0.5, 0.6) is 5.75 Å². The maximum Gasteiger partial charge on any atom is 0.121 e. The zero-order valence-corrected chi connectivity index (χ0v) is 10.4. The van der Waals surface area contributed by atoms with Crippen LogP contribution in [-0.4, -0.2) is 33.4 Å². The van der Waals surface area contributed by atoms with E-state index in [1.165, 1.54) is 5.69 Å². The molecular formula is C13H21NO2. The first-order valence-corrected chi connectivity index (χ1v) is 5.78. The summed E-state index contributed by atoms with van der Waals surface area (Å²) in [5.74, 6) is 0.927. The second-order valence-corrected chi connectivity index (χ2v) is 3.50. The Kier molecular flexibility index (Phi) is 5.72. The Hall–Kier alpha value is -1.22. The van der Waals surface area contributed by atoms with Crippen molar-refractivity contribution in [3.8, 4) is 5.75 Å². The first-order valence-electron chi connectivity index (χ1n) is 5.78. The van der Waals surface area contributed by atoms with E-state index in [0.717, 1.165) is 25.4 Å². The van der Waals surface area contributed by atoms with Crippen molar-refractivity contribution in [1.82, 2.24) is 0 Å². The first-order chi connectivity index (χ1) is 7.81. The van der Waals surface area contributed by atoms with Gasteiger partial charge < -0.3 is 14.4 Å². The summed E-state index contributed by atoms with van der Waals surface area (Å²) in [4.78, 5) is 2.27.